The van der Waals surface area contributed by atoms with Crippen molar-refractivity contribution < 1.29 is 33.4 Å². The molecule has 0 radical (unpaired) electrons. The lowest BCUT2D eigenvalue weighted by Crippen LogP contribution is -2.44. The monoisotopic (exact) mass is 674 g/mol. The summed E-state index contributed by atoms with van der Waals surface area (Å²) >= 11 is 0. The van der Waals surface area contributed by atoms with E-state index in [0.717, 1.165) is 21.8 Å². The fourth-order valence-corrected chi connectivity index (χ4v) is 4.80. The van der Waals surface area contributed by atoms with Crippen LogP contribution in [0.1, 0.15) is 110 Å². The first kappa shape index (κ1) is 38.6. The highest BCUT2D eigenvalue weighted by Gasteiger charge is 2.33. The van der Waals surface area contributed by atoms with Crippen molar-refractivity contribution in [1.29, 1.82) is 0 Å². The number of benzene rings is 1. The maximum atomic E-state index is 12.9. The first-order valence-electron chi connectivity index (χ1n) is 16.6. The maximum Gasteiger partial charge on any atom is 0.425 e. The van der Waals surface area contributed by atoms with Gasteiger partial charge >= 0.3 is 18.2 Å². The number of nitrogens with one attached hydrogen (secondary N) is 1. The summed E-state index contributed by atoms with van der Waals surface area (Å²) in [6, 6.07) is 16.3. The van der Waals surface area contributed by atoms with Gasteiger partial charge in [-0.05, 0) is 104 Å². The molecule has 0 aliphatic carbocycles. The fraction of sp³-hybridized carbons (Fsp3) is 0.474. The highest BCUT2D eigenvalue weighted by atomic mass is 16.6. The zero-order chi connectivity index (χ0) is 36.4. The van der Waals surface area contributed by atoms with E-state index >= 15 is 0 Å². The quantitative estimate of drug-likeness (QED) is 0.138. The number of ketones is 1. The Morgan fingerprint density at radius 1 is 0.796 bits per heavy atom. The molecule has 3 aromatic rings. The fourth-order valence-electron chi connectivity index (χ4n) is 4.80. The van der Waals surface area contributed by atoms with Crippen LogP contribution in [0.15, 0.2) is 60.8 Å². The van der Waals surface area contributed by atoms with Crippen LogP contribution in [0.2, 0.25) is 0 Å². The molecule has 0 spiro atoms. The topological polar surface area (TPSA) is 137 Å². The van der Waals surface area contributed by atoms with Crippen LogP contribution < -0.4 is 10.2 Å². The summed E-state index contributed by atoms with van der Waals surface area (Å²) in [5.74, 6) is 0.149. The van der Waals surface area contributed by atoms with Gasteiger partial charge in [0, 0.05) is 35.8 Å². The van der Waals surface area contributed by atoms with E-state index in [1.807, 2.05) is 36.4 Å². The molecule has 0 saturated carbocycles. The van der Waals surface area contributed by atoms with E-state index in [9.17, 15) is 19.2 Å². The zero-order valence-electron chi connectivity index (χ0n) is 30.2. The summed E-state index contributed by atoms with van der Waals surface area (Å²) in [6.45, 7) is 16.4. The van der Waals surface area contributed by atoms with Gasteiger partial charge in [-0.2, -0.15) is 4.90 Å². The molecule has 3 rings (SSSR count). The molecule has 2 amide bonds. The zero-order valence-corrected chi connectivity index (χ0v) is 30.2. The summed E-state index contributed by atoms with van der Waals surface area (Å²) in [4.78, 5) is 61.2. The predicted octanol–water partition coefficient (Wildman–Crippen LogP) is 8.72. The van der Waals surface area contributed by atoms with Crippen molar-refractivity contribution in [3.63, 3.8) is 0 Å². The SMILES string of the molecule is CCOC(=O)c1ccc(C(C)(C)CCCC(=O)CCc2ccc(N(C(=O)OC(C)(C)C)C(=O)OC(C)(C)C)nc2)nc1Nc1ccccc1. The smallest absolute Gasteiger partial charge is 0.425 e. The highest BCUT2D eigenvalue weighted by Crippen LogP contribution is 2.31. The van der Waals surface area contributed by atoms with E-state index in [1.54, 1.807) is 66.8 Å². The molecule has 0 unspecified atom stereocenters. The molecular weight excluding hydrogens is 624 g/mol. The Morgan fingerprint density at radius 2 is 1.43 bits per heavy atom. The first-order chi connectivity index (χ1) is 22.9. The van der Waals surface area contributed by atoms with E-state index in [1.165, 1.54) is 6.07 Å². The molecule has 49 heavy (non-hydrogen) atoms. The first-order valence-corrected chi connectivity index (χ1v) is 16.6. The van der Waals surface area contributed by atoms with Crippen molar-refractivity contribution in [3.05, 3.63) is 77.6 Å². The summed E-state index contributed by atoms with van der Waals surface area (Å²) in [5.41, 5.74) is 0.703. The van der Waals surface area contributed by atoms with Gasteiger partial charge in [-0.25, -0.2) is 24.4 Å². The van der Waals surface area contributed by atoms with Crippen LogP contribution >= 0.6 is 0 Å². The highest BCUT2D eigenvalue weighted by molar-refractivity contribution is 6.08. The number of hydrogen-bond donors (Lipinski definition) is 1. The Hall–Kier alpha value is -4.80. The standard InChI is InChI=1S/C38H50N4O7/c1-10-47-33(44)29-21-22-30(41-32(29)40-27-15-12-11-13-16-27)38(8,9)24-14-17-28(43)20-18-26-19-23-31(39-25-26)42(34(45)48-36(2,3)4)35(46)49-37(5,6)7/h11-13,15-16,19,21-23,25H,10,14,17-18,20,24H2,1-9H3,(H,40,41). The second-order valence-corrected chi connectivity index (χ2v) is 14.4. The third-order valence-corrected chi connectivity index (χ3v) is 7.26. The van der Waals surface area contributed by atoms with Gasteiger partial charge in [0.25, 0.3) is 0 Å². The van der Waals surface area contributed by atoms with Gasteiger partial charge in [-0.1, -0.05) is 38.1 Å². The molecule has 0 bridgehead atoms. The van der Waals surface area contributed by atoms with E-state index in [2.05, 4.69) is 24.1 Å². The molecule has 1 aromatic carbocycles. The summed E-state index contributed by atoms with van der Waals surface area (Å²) < 4.78 is 16.1. The number of aromatic nitrogens is 2. The molecule has 0 aliphatic heterocycles. The van der Waals surface area contributed by atoms with Gasteiger partial charge in [-0.15, -0.1) is 0 Å². The number of carbonyl (C=O) groups excluding carboxylic acids is 4. The molecule has 11 nitrogen and oxygen atoms in total. The lowest BCUT2D eigenvalue weighted by Gasteiger charge is -2.28. The minimum absolute atomic E-state index is 0.0619. The average molecular weight is 675 g/mol. The van der Waals surface area contributed by atoms with Crippen LogP contribution in [0, 0.1) is 0 Å². The van der Waals surface area contributed by atoms with Crippen LogP contribution in [0.3, 0.4) is 0 Å². The van der Waals surface area contributed by atoms with E-state index in [4.69, 9.17) is 19.2 Å². The van der Waals surface area contributed by atoms with E-state index < -0.39 is 29.4 Å². The minimum Gasteiger partial charge on any atom is -0.462 e. The molecule has 1 N–H and O–H groups in total. The number of amides is 2. The summed E-state index contributed by atoms with van der Waals surface area (Å²) in [5, 5.41) is 3.25. The molecule has 2 heterocycles. The van der Waals surface area contributed by atoms with E-state index in [-0.39, 0.29) is 23.6 Å². The lowest BCUT2D eigenvalue weighted by molar-refractivity contribution is -0.119. The van der Waals surface area contributed by atoms with Crippen molar-refractivity contribution in [2.24, 2.45) is 0 Å². The number of ether oxygens (including phenoxy) is 3. The van der Waals surface area contributed by atoms with Gasteiger partial charge in [0.15, 0.2) is 0 Å². The van der Waals surface area contributed by atoms with Crippen LogP contribution in [0.25, 0.3) is 0 Å². The second kappa shape index (κ2) is 16.5. The minimum atomic E-state index is -0.895. The normalized spacial score (nSPS) is 11.8. The number of para-hydroxylation sites is 1. The van der Waals surface area contributed by atoms with Crippen molar-refractivity contribution >= 4 is 41.3 Å². The number of esters is 1. The van der Waals surface area contributed by atoms with Gasteiger partial charge < -0.3 is 19.5 Å². The Bertz CT molecular complexity index is 1560. The Balaban J connectivity index is 1.61. The number of carbonyl (C=O) groups is 4. The number of Topliss-reactive ketones (excluding diaryl/α,β-unsaturated/α-hetero) is 1. The van der Waals surface area contributed by atoms with Crippen LogP contribution in [0.5, 0.6) is 0 Å². The molecule has 2 aromatic heterocycles. The van der Waals surface area contributed by atoms with Gasteiger partial charge in [-0.3, -0.25) is 4.79 Å². The van der Waals surface area contributed by atoms with Crippen molar-refractivity contribution in [2.75, 3.05) is 16.8 Å². The van der Waals surface area contributed by atoms with Gasteiger partial charge in [0.2, 0.25) is 0 Å². The van der Waals surface area contributed by atoms with Crippen LogP contribution in [-0.2, 0) is 30.8 Å². The average Bonchev–Trinajstić information content (AvgIpc) is 2.99. The van der Waals surface area contributed by atoms with Crippen molar-refractivity contribution in [1.82, 2.24) is 9.97 Å². The molecule has 11 heteroatoms. The number of nitrogens with zero attached hydrogens (tertiary/aromatic N) is 3. The molecule has 264 valence electrons. The van der Waals surface area contributed by atoms with Crippen LogP contribution in [0.4, 0.5) is 26.9 Å². The molecule has 0 atom stereocenters. The molecule has 0 saturated heterocycles. The Labute approximate surface area is 289 Å². The Morgan fingerprint density at radius 3 is 1.98 bits per heavy atom. The van der Waals surface area contributed by atoms with Crippen molar-refractivity contribution in [3.8, 4) is 0 Å². The number of imide groups is 1. The van der Waals surface area contributed by atoms with Gasteiger partial charge in [0.05, 0.1) is 6.61 Å². The van der Waals surface area contributed by atoms with E-state index in [0.29, 0.717) is 43.5 Å². The number of pyridine rings is 2. The van der Waals surface area contributed by atoms with Crippen LogP contribution in [-0.4, -0.2) is 51.7 Å². The second-order valence-electron chi connectivity index (χ2n) is 14.4. The Kier molecular flexibility index (Phi) is 13.0. The third kappa shape index (κ3) is 12.3. The maximum absolute atomic E-state index is 12.9. The van der Waals surface area contributed by atoms with Crippen molar-refractivity contribution in [2.45, 2.75) is 111 Å². The molecule has 0 aliphatic rings. The number of aryl methyl sites for hydroxylation is 1. The lowest BCUT2D eigenvalue weighted by atomic mass is 9.82. The largest absolute Gasteiger partial charge is 0.462 e. The third-order valence-electron chi connectivity index (χ3n) is 7.26. The number of rotatable bonds is 13. The molecular formula is C38H50N4O7. The van der Waals surface area contributed by atoms with Gasteiger partial charge in [0.1, 0.15) is 34.2 Å². The molecule has 0 fully saturated rings. The summed E-state index contributed by atoms with van der Waals surface area (Å²) in [6.07, 6.45) is 2.29. The number of anilines is 3. The summed E-state index contributed by atoms with van der Waals surface area (Å²) in [7, 11) is 0. The number of hydrogen-bond acceptors (Lipinski definition) is 10. The predicted molar refractivity (Wildman–Crippen MR) is 189 cm³/mol.